The van der Waals surface area contributed by atoms with Crippen LogP contribution in [0.2, 0.25) is 0 Å². The van der Waals surface area contributed by atoms with Crippen LogP contribution in [0.5, 0.6) is 5.75 Å². The third kappa shape index (κ3) is 4.37. The Balaban J connectivity index is 0.00000100. The van der Waals surface area contributed by atoms with Crippen LogP contribution >= 0.6 is 27.7 Å². The van der Waals surface area contributed by atoms with Crippen molar-refractivity contribution < 1.29 is 14.3 Å². The lowest BCUT2D eigenvalue weighted by molar-refractivity contribution is -0.113. The first-order valence-corrected chi connectivity index (χ1v) is 9.37. The quantitative estimate of drug-likeness (QED) is 0.681. The standard InChI is InChI=1S/C14H13BrFN3O2S.C2H6/c15-9-5-8(11(20)7-10(9)16)6-12-13(21)18-14(22-12)19-4-2-1-3-17-19;1-2/h5-7,17,20H,1-4H2;1-2H3/b12-6-;. The Morgan fingerprint density at radius 1 is 1.42 bits per heavy atom. The van der Waals surface area contributed by atoms with Gasteiger partial charge in [0, 0.05) is 24.7 Å². The van der Waals surface area contributed by atoms with Crippen molar-refractivity contribution in [1.29, 1.82) is 0 Å². The zero-order valence-corrected chi connectivity index (χ0v) is 15.9. The summed E-state index contributed by atoms with van der Waals surface area (Å²) in [5, 5.41) is 12.3. The fourth-order valence-electron chi connectivity index (χ4n) is 2.17. The van der Waals surface area contributed by atoms with Crippen molar-refractivity contribution in [1.82, 2.24) is 10.4 Å². The highest BCUT2D eigenvalue weighted by Gasteiger charge is 2.27. The normalized spacial score (nSPS) is 19.2. The van der Waals surface area contributed by atoms with Gasteiger partial charge in [-0.05, 0) is 52.7 Å². The van der Waals surface area contributed by atoms with Gasteiger partial charge < -0.3 is 5.11 Å². The van der Waals surface area contributed by atoms with Crippen LogP contribution in [0.4, 0.5) is 4.39 Å². The molecule has 5 nitrogen and oxygen atoms in total. The number of thioether (sulfide) groups is 1. The maximum Gasteiger partial charge on any atom is 0.286 e. The molecule has 0 atom stereocenters. The van der Waals surface area contributed by atoms with Gasteiger partial charge in [-0.3, -0.25) is 9.80 Å². The van der Waals surface area contributed by atoms with Crippen LogP contribution in [-0.4, -0.2) is 34.3 Å². The van der Waals surface area contributed by atoms with Crippen LogP contribution < -0.4 is 5.43 Å². The van der Waals surface area contributed by atoms with Gasteiger partial charge in [-0.15, -0.1) is 0 Å². The summed E-state index contributed by atoms with van der Waals surface area (Å²) >= 11 is 4.31. The van der Waals surface area contributed by atoms with Crippen LogP contribution in [0.1, 0.15) is 32.3 Å². The summed E-state index contributed by atoms with van der Waals surface area (Å²) in [7, 11) is 0. The number of hydrogen-bond acceptors (Lipinski definition) is 5. The SMILES string of the molecule is CC.O=C1N=C(N2CCCCN2)S/C1=C\c1cc(Br)c(F)cc1O. The number of carbonyl (C=O) groups is 1. The fourth-order valence-corrected chi connectivity index (χ4v) is 3.44. The van der Waals surface area contributed by atoms with Crippen molar-refractivity contribution in [2.75, 3.05) is 13.1 Å². The van der Waals surface area contributed by atoms with Gasteiger partial charge in [0.15, 0.2) is 5.17 Å². The minimum absolute atomic E-state index is 0.217. The molecule has 8 heteroatoms. The average Bonchev–Trinajstić information content (AvgIpc) is 2.96. The number of hydrazine groups is 1. The first-order valence-electron chi connectivity index (χ1n) is 7.76. The summed E-state index contributed by atoms with van der Waals surface area (Å²) in [5.41, 5.74) is 3.56. The van der Waals surface area contributed by atoms with E-state index < -0.39 is 5.82 Å². The monoisotopic (exact) mass is 415 g/mol. The van der Waals surface area contributed by atoms with E-state index in [0.717, 1.165) is 32.0 Å². The second-order valence-electron chi connectivity index (χ2n) is 4.90. The zero-order chi connectivity index (χ0) is 17.7. The number of halogens is 2. The van der Waals surface area contributed by atoms with Crippen molar-refractivity contribution in [3.05, 3.63) is 32.9 Å². The number of amidine groups is 1. The molecule has 1 aromatic rings. The van der Waals surface area contributed by atoms with Crippen LogP contribution in [0.15, 0.2) is 26.5 Å². The van der Waals surface area contributed by atoms with Gasteiger partial charge in [-0.25, -0.2) is 9.82 Å². The fraction of sp³-hybridized carbons (Fsp3) is 0.375. The van der Waals surface area contributed by atoms with Gasteiger partial charge in [0.25, 0.3) is 5.91 Å². The second kappa shape index (κ2) is 8.64. The molecule has 1 amide bonds. The predicted octanol–water partition coefficient (Wildman–Crippen LogP) is 3.89. The Hall–Kier alpha value is -1.38. The van der Waals surface area contributed by atoms with E-state index in [4.69, 9.17) is 0 Å². The molecule has 2 aliphatic rings. The zero-order valence-electron chi connectivity index (χ0n) is 13.5. The first kappa shape index (κ1) is 19.0. The van der Waals surface area contributed by atoms with Gasteiger partial charge in [-0.2, -0.15) is 4.99 Å². The molecule has 1 saturated heterocycles. The van der Waals surface area contributed by atoms with E-state index in [-0.39, 0.29) is 16.1 Å². The van der Waals surface area contributed by atoms with E-state index in [1.165, 1.54) is 23.9 Å². The number of rotatable bonds is 1. The Morgan fingerprint density at radius 2 is 2.17 bits per heavy atom. The van der Waals surface area contributed by atoms with Crippen molar-refractivity contribution >= 4 is 44.8 Å². The van der Waals surface area contributed by atoms with Crippen molar-refractivity contribution in [3.8, 4) is 5.75 Å². The highest BCUT2D eigenvalue weighted by Crippen LogP contribution is 2.33. The third-order valence-corrected chi connectivity index (χ3v) is 4.92. The van der Waals surface area contributed by atoms with Gasteiger partial charge in [0.1, 0.15) is 11.6 Å². The predicted molar refractivity (Wildman–Crippen MR) is 99.1 cm³/mol. The summed E-state index contributed by atoms with van der Waals surface area (Å²) in [6.07, 6.45) is 3.67. The molecule has 0 radical (unpaired) electrons. The Bertz CT molecular complexity index is 688. The molecule has 2 aliphatic heterocycles. The summed E-state index contributed by atoms with van der Waals surface area (Å²) in [4.78, 5) is 16.4. The molecule has 1 fully saturated rings. The summed E-state index contributed by atoms with van der Waals surface area (Å²) < 4.78 is 13.5. The lowest BCUT2D eigenvalue weighted by atomic mass is 10.2. The largest absolute Gasteiger partial charge is 0.507 e. The molecule has 1 aromatic carbocycles. The van der Waals surface area contributed by atoms with Gasteiger partial charge in [0.05, 0.1) is 9.38 Å². The molecule has 2 heterocycles. The molecule has 0 saturated carbocycles. The molecule has 24 heavy (non-hydrogen) atoms. The number of carbonyl (C=O) groups excluding carboxylic acids is 1. The summed E-state index contributed by atoms with van der Waals surface area (Å²) in [6, 6.07) is 2.44. The topological polar surface area (TPSA) is 64.9 Å². The van der Waals surface area contributed by atoms with E-state index in [9.17, 15) is 14.3 Å². The highest BCUT2D eigenvalue weighted by molar-refractivity contribution is 9.10. The van der Waals surface area contributed by atoms with Crippen LogP contribution in [0.25, 0.3) is 6.08 Å². The lowest BCUT2D eigenvalue weighted by Gasteiger charge is -2.28. The first-order chi connectivity index (χ1) is 11.5. The number of hydrogen-bond donors (Lipinski definition) is 2. The molecule has 3 rings (SSSR count). The number of aromatic hydroxyl groups is 1. The van der Waals surface area contributed by atoms with Crippen LogP contribution in [0.3, 0.4) is 0 Å². The molecule has 130 valence electrons. The molecular weight excluding hydrogens is 397 g/mol. The van der Waals surface area contributed by atoms with Crippen molar-refractivity contribution in [3.63, 3.8) is 0 Å². The molecule has 2 N–H and O–H groups in total. The Morgan fingerprint density at radius 3 is 2.83 bits per heavy atom. The average molecular weight is 416 g/mol. The van der Waals surface area contributed by atoms with Gasteiger partial charge in [0.2, 0.25) is 0 Å². The summed E-state index contributed by atoms with van der Waals surface area (Å²) in [6.45, 7) is 5.66. The lowest BCUT2D eigenvalue weighted by Crippen LogP contribution is -2.45. The minimum atomic E-state index is -0.556. The number of benzene rings is 1. The number of aliphatic imine (C=N–C) groups is 1. The van der Waals surface area contributed by atoms with E-state index in [0.29, 0.717) is 15.6 Å². The number of nitrogens with one attached hydrogen (secondary N) is 1. The van der Waals surface area contributed by atoms with E-state index in [1.807, 2.05) is 18.9 Å². The maximum absolute atomic E-state index is 13.3. The number of nitrogens with zero attached hydrogens (tertiary/aromatic N) is 2. The van der Waals surface area contributed by atoms with E-state index in [1.54, 1.807) is 0 Å². The van der Waals surface area contributed by atoms with E-state index in [2.05, 4.69) is 26.3 Å². The van der Waals surface area contributed by atoms with E-state index >= 15 is 0 Å². The molecule has 0 aromatic heterocycles. The van der Waals surface area contributed by atoms with Crippen LogP contribution in [-0.2, 0) is 4.79 Å². The third-order valence-electron chi connectivity index (χ3n) is 3.31. The van der Waals surface area contributed by atoms with Crippen molar-refractivity contribution in [2.24, 2.45) is 4.99 Å². The molecule has 0 unspecified atom stereocenters. The molecule has 0 aliphatic carbocycles. The number of phenols is 1. The Kier molecular flexibility index (Phi) is 6.82. The molecule has 0 bridgehead atoms. The van der Waals surface area contributed by atoms with Gasteiger partial charge >= 0.3 is 0 Å². The number of phenolic OH excluding ortho intramolecular Hbond substituents is 1. The van der Waals surface area contributed by atoms with Crippen molar-refractivity contribution in [2.45, 2.75) is 26.7 Å². The molecular formula is C16H19BrFN3O2S. The van der Waals surface area contributed by atoms with Gasteiger partial charge in [-0.1, -0.05) is 13.8 Å². The second-order valence-corrected chi connectivity index (χ2v) is 6.77. The smallest absolute Gasteiger partial charge is 0.286 e. The minimum Gasteiger partial charge on any atom is -0.507 e. The van der Waals surface area contributed by atoms with Crippen LogP contribution in [0, 0.1) is 5.82 Å². The highest BCUT2D eigenvalue weighted by atomic mass is 79.9. The summed E-state index contributed by atoms with van der Waals surface area (Å²) in [5.74, 6) is -1.13. The molecule has 0 spiro atoms. The number of amides is 1. The maximum atomic E-state index is 13.3. The Labute approximate surface area is 153 Å².